The number of amides is 1. The van der Waals surface area contributed by atoms with E-state index in [0.29, 0.717) is 19.4 Å². The van der Waals surface area contributed by atoms with E-state index in [-0.39, 0.29) is 5.91 Å². The van der Waals surface area contributed by atoms with Crippen LogP contribution in [-0.2, 0) is 9.53 Å². The lowest BCUT2D eigenvalue weighted by atomic mass is 10.1. The topological polar surface area (TPSA) is 49.8 Å². The maximum atomic E-state index is 11.3. The van der Waals surface area contributed by atoms with E-state index in [1.54, 1.807) is 14.0 Å². The van der Waals surface area contributed by atoms with E-state index in [9.17, 15) is 9.90 Å². The predicted molar refractivity (Wildman–Crippen MR) is 48.0 cm³/mol. The van der Waals surface area contributed by atoms with Crippen molar-refractivity contribution >= 4 is 5.91 Å². The van der Waals surface area contributed by atoms with Crippen molar-refractivity contribution in [3.63, 3.8) is 0 Å². The number of nitrogens with zero attached hydrogens (tertiary/aromatic N) is 1. The molecule has 4 heteroatoms. The minimum Gasteiger partial charge on any atom is -0.388 e. The molecule has 0 saturated carbocycles. The molecule has 1 heterocycles. The van der Waals surface area contributed by atoms with Gasteiger partial charge in [0.2, 0.25) is 5.91 Å². The summed E-state index contributed by atoms with van der Waals surface area (Å²) in [7, 11) is 1.68. The van der Waals surface area contributed by atoms with E-state index in [4.69, 9.17) is 4.74 Å². The first-order valence-corrected chi connectivity index (χ1v) is 4.63. The Balaban J connectivity index is 2.85. The summed E-state index contributed by atoms with van der Waals surface area (Å²) in [6.07, 6.45) is 0.388. The van der Waals surface area contributed by atoms with Crippen LogP contribution in [0.25, 0.3) is 0 Å². The summed E-state index contributed by atoms with van der Waals surface area (Å²) in [5.74, 6) is 0.0364. The van der Waals surface area contributed by atoms with Gasteiger partial charge < -0.3 is 14.7 Å². The Kier molecular flexibility index (Phi) is 2.93. The number of aliphatic hydroxyl groups is 1. The highest BCUT2D eigenvalue weighted by Gasteiger charge is 2.47. The molecule has 1 rings (SSSR count). The number of hydrogen-bond donors (Lipinski definition) is 1. The molecule has 1 N–H and O–H groups in total. The molecule has 1 amide bonds. The van der Waals surface area contributed by atoms with Gasteiger partial charge in [-0.2, -0.15) is 0 Å². The first-order valence-electron chi connectivity index (χ1n) is 4.63. The highest BCUT2D eigenvalue weighted by molar-refractivity contribution is 5.79. The monoisotopic (exact) mass is 187 g/mol. The lowest BCUT2D eigenvalue weighted by Gasteiger charge is -2.38. The van der Waals surface area contributed by atoms with E-state index in [1.165, 1.54) is 4.90 Å². The van der Waals surface area contributed by atoms with Crippen LogP contribution in [0, 0.1) is 0 Å². The van der Waals surface area contributed by atoms with Gasteiger partial charge in [-0.15, -0.1) is 0 Å². The first-order chi connectivity index (χ1) is 6.04. The van der Waals surface area contributed by atoms with Crippen LogP contribution in [0.1, 0.15) is 26.7 Å². The number of ether oxygens (including phenoxy) is 1. The second kappa shape index (κ2) is 3.64. The van der Waals surface area contributed by atoms with Gasteiger partial charge in [0.1, 0.15) is 0 Å². The summed E-state index contributed by atoms with van der Waals surface area (Å²) < 4.78 is 5.49. The Labute approximate surface area is 78.5 Å². The zero-order chi connectivity index (χ0) is 10.1. The summed E-state index contributed by atoms with van der Waals surface area (Å²) in [5, 5.41) is 9.60. The van der Waals surface area contributed by atoms with Crippen molar-refractivity contribution in [1.29, 1.82) is 0 Å². The second-order valence-electron chi connectivity index (χ2n) is 3.41. The fourth-order valence-electron chi connectivity index (χ4n) is 1.86. The van der Waals surface area contributed by atoms with Crippen LogP contribution in [0.3, 0.4) is 0 Å². The summed E-state index contributed by atoms with van der Waals surface area (Å²) in [6.45, 7) is 4.02. The Morgan fingerprint density at radius 1 is 1.77 bits per heavy atom. The minimum absolute atomic E-state index is 0.0364. The molecule has 0 aromatic carbocycles. The maximum absolute atomic E-state index is 11.3. The Bertz CT molecular complexity index is 205. The number of rotatable bonds is 3. The van der Waals surface area contributed by atoms with E-state index >= 15 is 0 Å². The Morgan fingerprint density at radius 3 is 2.69 bits per heavy atom. The van der Waals surface area contributed by atoms with Gasteiger partial charge in [-0.3, -0.25) is 4.79 Å². The van der Waals surface area contributed by atoms with Crippen molar-refractivity contribution in [2.75, 3.05) is 13.7 Å². The van der Waals surface area contributed by atoms with Crippen molar-refractivity contribution in [1.82, 2.24) is 4.90 Å². The maximum Gasteiger partial charge on any atom is 0.224 e. The lowest BCUT2D eigenvalue weighted by Crippen LogP contribution is -2.53. The fraction of sp³-hybridized carbons (Fsp3) is 0.889. The fourth-order valence-corrected chi connectivity index (χ4v) is 1.86. The van der Waals surface area contributed by atoms with Crippen molar-refractivity contribution in [2.24, 2.45) is 0 Å². The van der Waals surface area contributed by atoms with Crippen molar-refractivity contribution < 1.29 is 14.6 Å². The summed E-state index contributed by atoms with van der Waals surface area (Å²) in [4.78, 5) is 12.8. The molecular weight excluding hydrogens is 170 g/mol. The highest BCUT2D eigenvalue weighted by atomic mass is 16.5. The molecule has 1 fully saturated rings. The van der Waals surface area contributed by atoms with Gasteiger partial charge in [0.25, 0.3) is 0 Å². The van der Waals surface area contributed by atoms with Crippen molar-refractivity contribution in [3.8, 4) is 0 Å². The highest BCUT2D eigenvalue weighted by Crippen LogP contribution is 2.33. The van der Waals surface area contributed by atoms with Gasteiger partial charge in [-0.1, -0.05) is 0 Å². The Hall–Kier alpha value is -0.610. The molecule has 1 aliphatic rings. The van der Waals surface area contributed by atoms with Gasteiger partial charge in [0, 0.05) is 26.5 Å². The van der Waals surface area contributed by atoms with Crippen molar-refractivity contribution in [2.45, 2.75) is 38.5 Å². The van der Waals surface area contributed by atoms with Crippen LogP contribution in [0.15, 0.2) is 0 Å². The largest absolute Gasteiger partial charge is 0.388 e. The Morgan fingerprint density at radius 2 is 2.38 bits per heavy atom. The molecular formula is C9H17NO3. The lowest BCUT2D eigenvalue weighted by molar-refractivity contribution is -0.187. The van der Waals surface area contributed by atoms with Crippen LogP contribution in [-0.4, -0.2) is 41.4 Å². The average Bonchev–Trinajstić information content (AvgIpc) is 2.34. The second-order valence-corrected chi connectivity index (χ2v) is 3.41. The molecule has 76 valence electrons. The molecule has 0 aromatic rings. The van der Waals surface area contributed by atoms with Crippen LogP contribution >= 0.6 is 0 Å². The number of carbonyl (C=O) groups is 1. The van der Waals surface area contributed by atoms with Crippen molar-refractivity contribution in [3.05, 3.63) is 0 Å². The van der Waals surface area contributed by atoms with Crippen LogP contribution in [0.2, 0.25) is 0 Å². The number of hydrogen-bond acceptors (Lipinski definition) is 3. The molecule has 4 nitrogen and oxygen atoms in total. The summed E-state index contributed by atoms with van der Waals surface area (Å²) >= 11 is 0. The quantitative estimate of drug-likeness (QED) is 0.693. The smallest absolute Gasteiger partial charge is 0.224 e. The van der Waals surface area contributed by atoms with Gasteiger partial charge in [-0.05, 0) is 13.8 Å². The van der Waals surface area contributed by atoms with E-state index in [0.717, 1.165) is 0 Å². The van der Waals surface area contributed by atoms with E-state index in [2.05, 4.69) is 0 Å². The van der Waals surface area contributed by atoms with Gasteiger partial charge in [0.15, 0.2) is 5.72 Å². The number of carbonyl (C=O) groups excluding carboxylic acids is 1. The van der Waals surface area contributed by atoms with Gasteiger partial charge >= 0.3 is 0 Å². The van der Waals surface area contributed by atoms with Gasteiger partial charge in [0.05, 0.1) is 6.10 Å². The number of likely N-dealkylation sites (N-methyl/N-ethyl adjacent to an activating group) is 1. The molecule has 0 radical (unpaired) electrons. The minimum atomic E-state index is -0.786. The molecule has 0 aromatic heterocycles. The molecule has 0 unspecified atom stereocenters. The molecule has 2 atom stereocenters. The normalized spacial score (nSPS) is 31.1. The SMILES string of the molecule is CCO[C@]1([C@H](C)O)CCC(=O)N1C. The third-order valence-electron chi connectivity index (χ3n) is 2.69. The number of aliphatic hydroxyl groups excluding tert-OH is 1. The molecule has 0 spiro atoms. The van der Waals surface area contributed by atoms with Crippen LogP contribution in [0.5, 0.6) is 0 Å². The molecule has 0 aliphatic carbocycles. The zero-order valence-corrected chi connectivity index (χ0v) is 8.41. The summed E-state index contributed by atoms with van der Waals surface area (Å²) in [5.41, 5.74) is -0.786. The van der Waals surface area contributed by atoms with E-state index in [1.807, 2.05) is 6.92 Å². The average molecular weight is 187 g/mol. The summed E-state index contributed by atoms with van der Waals surface area (Å²) in [6, 6.07) is 0. The van der Waals surface area contributed by atoms with Crippen LogP contribution in [0.4, 0.5) is 0 Å². The third-order valence-corrected chi connectivity index (χ3v) is 2.69. The zero-order valence-electron chi connectivity index (χ0n) is 8.41. The van der Waals surface area contributed by atoms with E-state index < -0.39 is 11.8 Å². The molecule has 13 heavy (non-hydrogen) atoms. The third kappa shape index (κ3) is 1.56. The van der Waals surface area contributed by atoms with Gasteiger partial charge in [-0.25, -0.2) is 0 Å². The molecule has 1 aliphatic heterocycles. The van der Waals surface area contributed by atoms with Crippen LogP contribution < -0.4 is 0 Å². The standard InChI is InChI=1S/C9H17NO3/c1-4-13-9(7(2)11)6-5-8(12)10(9)3/h7,11H,4-6H2,1-3H3/t7-,9-/m0/s1. The molecule has 0 bridgehead atoms. The number of likely N-dealkylation sites (tertiary alicyclic amines) is 1. The predicted octanol–water partition coefficient (Wildman–Crippen LogP) is 0.352. The first kappa shape index (κ1) is 10.5. The molecule has 1 saturated heterocycles.